The highest BCUT2D eigenvalue weighted by molar-refractivity contribution is 9.10. The monoisotopic (exact) mass is 398 g/mol. The molecule has 1 saturated carbocycles. The second-order valence-electron chi connectivity index (χ2n) is 5.12. The summed E-state index contributed by atoms with van der Waals surface area (Å²) in [6.07, 6.45) is 3.57. The first-order valence-electron chi connectivity index (χ1n) is 6.49. The predicted molar refractivity (Wildman–Crippen MR) is 88.5 cm³/mol. The van der Waals surface area contributed by atoms with Crippen molar-refractivity contribution >= 4 is 38.4 Å². The number of hydrogen-bond donors (Lipinski definition) is 2. The van der Waals surface area contributed by atoms with Crippen molar-refractivity contribution in [3.05, 3.63) is 22.7 Å². The maximum Gasteiger partial charge on any atom is 0.241 e. The van der Waals surface area contributed by atoms with Crippen molar-refractivity contribution in [2.24, 2.45) is 5.73 Å². The predicted octanol–water partition coefficient (Wildman–Crippen LogP) is 2.43. The summed E-state index contributed by atoms with van der Waals surface area (Å²) in [4.78, 5) is 0.184. The number of nitrogens with one attached hydrogen (secondary N) is 1. The fraction of sp³-hybridized carbons (Fsp3) is 0.538. The number of nitrogens with two attached hydrogens (primary N) is 1. The molecule has 120 valence electrons. The van der Waals surface area contributed by atoms with Crippen LogP contribution in [0.4, 0.5) is 0 Å². The first-order chi connectivity index (χ1) is 9.41. The molecular weight excluding hydrogens is 380 g/mol. The summed E-state index contributed by atoms with van der Waals surface area (Å²) in [6, 6.07) is 4.78. The molecule has 0 radical (unpaired) electrons. The van der Waals surface area contributed by atoms with E-state index in [9.17, 15) is 8.42 Å². The van der Waals surface area contributed by atoms with Crippen molar-refractivity contribution in [3.63, 3.8) is 0 Å². The van der Waals surface area contributed by atoms with Crippen molar-refractivity contribution in [1.82, 2.24) is 4.72 Å². The molecule has 0 saturated heterocycles. The topological polar surface area (TPSA) is 81.4 Å². The third-order valence-corrected chi connectivity index (χ3v) is 5.71. The summed E-state index contributed by atoms with van der Waals surface area (Å²) in [5.74, 6) is 0.493. The molecule has 0 atom stereocenters. The lowest BCUT2D eigenvalue weighted by atomic mass is 10.0. The highest BCUT2D eigenvalue weighted by atomic mass is 79.9. The van der Waals surface area contributed by atoms with Gasteiger partial charge in [0.05, 0.1) is 12.0 Å². The molecule has 0 amide bonds. The number of rotatable bonds is 5. The minimum absolute atomic E-state index is 0. The second kappa shape index (κ2) is 7.28. The van der Waals surface area contributed by atoms with Gasteiger partial charge in [0.25, 0.3) is 0 Å². The van der Waals surface area contributed by atoms with Gasteiger partial charge in [0, 0.05) is 22.6 Å². The number of benzene rings is 1. The average molecular weight is 400 g/mol. The summed E-state index contributed by atoms with van der Waals surface area (Å²) in [7, 11) is -2.11. The molecule has 0 aromatic heterocycles. The molecule has 0 bridgehead atoms. The van der Waals surface area contributed by atoms with E-state index in [1.807, 2.05) is 0 Å². The summed E-state index contributed by atoms with van der Waals surface area (Å²) < 4.78 is 33.6. The van der Waals surface area contributed by atoms with Crippen LogP contribution in [0.1, 0.15) is 25.7 Å². The van der Waals surface area contributed by atoms with Crippen molar-refractivity contribution in [2.75, 3.05) is 13.7 Å². The van der Waals surface area contributed by atoms with Crippen LogP contribution in [0, 0.1) is 0 Å². The van der Waals surface area contributed by atoms with E-state index in [1.54, 1.807) is 12.1 Å². The number of sulfonamides is 1. The van der Waals surface area contributed by atoms with E-state index in [-0.39, 0.29) is 17.3 Å². The zero-order valence-corrected chi connectivity index (χ0v) is 15.0. The Morgan fingerprint density at radius 3 is 2.48 bits per heavy atom. The van der Waals surface area contributed by atoms with Crippen molar-refractivity contribution in [3.8, 4) is 5.75 Å². The smallest absolute Gasteiger partial charge is 0.241 e. The van der Waals surface area contributed by atoms with Crippen molar-refractivity contribution in [2.45, 2.75) is 36.1 Å². The van der Waals surface area contributed by atoms with E-state index in [4.69, 9.17) is 10.5 Å². The molecule has 0 unspecified atom stereocenters. The van der Waals surface area contributed by atoms with Crippen LogP contribution >= 0.6 is 28.3 Å². The van der Waals surface area contributed by atoms with Crippen LogP contribution in [0.5, 0.6) is 5.75 Å². The van der Waals surface area contributed by atoms with E-state index in [2.05, 4.69) is 20.7 Å². The van der Waals surface area contributed by atoms with Crippen LogP contribution in [-0.2, 0) is 10.0 Å². The van der Waals surface area contributed by atoms with Gasteiger partial charge in [0.1, 0.15) is 5.75 Å². The molecule has 0 aliphatic heterocycles. The highest BCUT2D eigenvalue weighted by Crippen LogP contribution is 2.31. The van der Waals surface area contributed by atoms with Crippen LogP contribution in [-0.4, -0.2) is 27.6 Å². The van der Waals surface area contributed by atoms with Gasteiger partial charge in [-0.1, -0.05) is 28.8 Å². The van der Waals surface area contributed by atoms with Gasteiger partial charge in [0.15, 0.2) is 0 Å². The SMILES string of the molecule is COc1cc(Br)cc(S(=O)(=O)NC2(CN)CCCC2)c1.Cl. The van der Waals surface area contributed by atoms with E-state index in [1.165, 1.54) is 13.2 Å². The van der Waals surface area contributed by atoms with Crippen LogP contribution in [0.25, 0.3) is 0 Å². The standard InChI is InChI=1S/C13H19BrN2O3S.ClH/c1-19-11-6-10(14)7-12(8-11)20(17,18)16-13(9-15)4-2-3-5-13;/h6-8,16H,2-5,9,15H2,1H3;1H. The van der Waals surface area contributed by atoms with Gasteiger partial charge in [-0.3, -0.25) is 0 Å². The minimum atomic E-state index is -3.61. The Bertz CT molecular complexity index is 589. The number of methoxy groups -OCH3 is 1. The minimum Gasteiger partial charge on any atom is -0.497 e. The van der Waals surface area contributed by atoms with Gasteiger partial charge in [-0.2, -0.15) is 0 Å². The summed E-state index contributed by atoms with van der Waals surface area (Å²) in [6.45, 7) is 0.317. The Kier molecular flexibility index (Phi) is 6.49. The number of ether oxygens (including phenoxy) is 1. The number of halogens is 2. The molecular formula is C13H20BrClN2O3S. The zero-order valence-electron chi connectivity index (χ0n) is 11.8. The van der Waals surface area contributed by atoms with Crippen LogP contribution in [0.2, 0.25) is 0 Å². The van der Waals surface area contributed by atoms with E-state index in [0.29, 0.717) is 16.8 Å². The second-order valence-corrected chi connectivity index (χ2v) is 7.72. The number of hydrogen-bond acceptors (Lipinski definition) is 4. The lowest BCUT2D eigenvalue weighted by molar-refractivity contribution is 0.398. The Morgan fingerprint density at radius 1 is 1.33 bits per heavy atom. The molecule has 0 heterocycles. The zero-order chi connectivity index (χ0) is 14.8. The molecule has 1 fully saturated rings. The van der Waals surface area contributed by atoms with Gasteiger partial charge >= 0.3 is 0 Å². The molecule has 1 aliphatic carbocycles. The fourth-order valence-corrected chi connectivity index (χ4v) is 4.71. The molecule has 5 nitrogen and oxygen atoms in total. The summed E-state index contributed by atoms with van der Waals surface area (Å²) in [5.41, 5.74) is 5.27. The van der Waals surface area contributed by atoms with Gasteiger partial charge in [0.2, 0.25) is 10.0 Å². The Morgan fingerprint density at radius 2 is 1.95 bits per heavy atom. The molecule has 8 heteroatoms. The molecule has 3 N–H and O–H groups in total. The maximum atomic E-state index is 12.5. The Labute approximate surface area is 140 Å². The molecule has 1 aromatic carbocycles. The van der Waals surface area contributed by atoms with Crippen LogP contribution < -0.4 is 15.2 Å². The van der Waals surface area contributed by atoms with Gasteiger partial charge < -0.3 is 10.5 Å². The molecule has 1 aliphatic rings. The van der Waals surface area contributed by atoms with Crippen LogP contribution in [0.3, 0.4) is 0 Å². The lowest BCUT2D eigenvalue weighted by Crippen LogP contribution is -2.51. The summed E-state index contributed by atoms with van der Waals surface area (Å²) in [5, 5.41) is 0. The third kappa shape index (κ3) is 4.32. The molecule has 2 rings (SSSR count). The summed E-state index contributed by atoms with van der Waals surface area (Å²) >= 11 is 3.29. The fourth-order valence-electron chi connectivity index (χ4n) is 2.55. The maximum absolute atomic E-state index is 12.5. The van der Waals surface area contributed by atoms with Crippen LogP contribution in [0.15, 0.2) is 27.6 Å². The Hall–Kier alpha value is -0.340. The molecule has 21 heavy (non-hydrogen) atoms. The van der Waals surface area contributed by atoms with Crippen molar-refractivity contribution < 1.29 is 13.2 Å². The lowest BCUT2D eigenvalue weighted by Gasteiger charge is -2.28. The van der Waals surface area contributed by atoms with Gasteiger partial charge in [-0.15, -0.1) is 12.4 Å². The quantitative estimate of drug-likeness (QED) is 0.797. The average Bonchev–Trinajstić information content (AvgIpc) is 2.86. The Balaban J connectivity index is 0.00000220. The first kappa shape index (κ1) is 18.7. The van der Waals surface area contributed by atoms with Crippen molar-refractivity contribution in [1.29, 1.82) is 0 Å². The largest absolute Gasteiger partial charge is 0.497 e. The molecule has 1 aromatic rings. The normalized spacial score (nSPS) is 17.3. The highest BCUT2D eigenvalue weighted by Gasteiger charge is 2.36. The first-order valence-corrected chi connectivity index (χ1v) is 8.77. The third-order valence-electron chi connectivity index (χ3n) is 3.69. The van der Waals surface area contributed by atoms with E-state index in [0.717, 1.165) is 25.7 Å². The van der Waals surface area contributed by atoms with E-state index < -0.39 is 15.6 Å². The van der Waals surface area contributed by atoms with E-state index >= 15 is 0 Å². The van der Waals surface area contributed by atoms with Gasteiger partial charge in [-0.25, -0.2) is 13.1 Å². The molecule has 0 spiro atoms. The van der Waals surface area contributed by atoms with Gasteiger partial charge in [-0.05, 0) is 25.0 Å².